The molecular formula is C24H20ClFN4O5. The fraction of sp³-hybridized carbons (Fsp3) is 0.167. The van der Waals surface area contributed by atoms with Gasteiger partial charge < -0.3 is 14.5 Å². The maximum Gasteiger partial charge on any atom is 0.292 e. The van der Waals surface area contributed by atoms with Crippen molar-refractivity contribution >= 4 is 29.0 Å². The van der Waals surface area contributed by atoms with E-state index in [1.54, 1.807) is 35.9 Å². The van der Waals surface area contributed by atoms with Gasteiger partial charge in [-0.05, 0) is 55.8 Å². The molecule has 2 heterocycles. The lowest BCUT2D eigenvalue weighted by Gasteiger charge is -2.06. The van der Waals surface area contributed by atoms with E-state index in [2.05, 4.69) is 10.4 Å². The highest BCUT2D eigenvalue weighted by molar-refractivity contribution is 6.31. The molecule has 0 atom stereocenters. The summed E-state index contributed by atoms with van der Waals surface area (Å²) in [5, 5.41) is 18.3. The van der Waals surface area contributed by atoms with Crippen molar-refractivity contribution in [1.29, 1.82) is 0 Å². The van der Waals surface area contributed by atoms with E-state index in [1.165, 1.54) is 30.3 Å². The van der Waals surface area contributed by atoms with Crippen LogP contribution in [0.15, 0.2) is 59.0 Å². The number of hydrogen-bond acceptors (Lipinski definition) is 6. The van der Waals surface area contributed by atoms with E-state index in [9.17, 15) is 19.3 Å². The van der Waals surface area contributed by atoms with Gasteiger partial charge in [-0.1, -0.05) is 17.7 Å². The van der Waals surface area contributed by atoms with Crippen LogP contribution < -0.4 is 10.1 Å². The third-order valence-corrected chi connectivity index (χ3v) is 5.54. The van der Waals surface area contributed by atoms with E-state index in [4.69, 9.17) is 20.8 Å². The molecule has 2 aromatic heterocycles. The summed E-state index contributed by atoms with van der Waals surface area (Å²) in [6, 6.07) is 13.4. The number of rotatable bonds is 8. The first-order chi connectivity index (χ1) is 16.7. The van der Waals surface area contributed by atoms with Crippen LogP contribution in [0.1, 0.15) is 33.1 Å². The van der Waals surface area contributed by atoms with Crippen molar-refractivity contribution in [3.8, 4) is 5.75 Å². The van der Waals surface area contributed by atoms with Gasteiger partial charge in [-0.15, -0.1) is 0 Å². The standard InChI is InChI=1S/C24H20ClFN4O5/c1-14-9-18(5-7-21(14)30(32)33)34-13-19-6-8-22(35-19)24(31)27-23-10-15(2)29(28-23)12-16-3-4-17(26)11-20(16)25/h3-11H,12-13H2,1-2H3,(H,27,28,31). The zero-order valence-electron chi connectivity index (χ0n) is 18.7. The first-order valence-corrected chi connectivity index (χ1v) is 10.8. The highest BCUT2D eigenvalue weighted by atomic mass is 35.5. The minimum atomic E-state index is -0.494. The Hall–Kier alpha value is -4.18. The molecule has 0 aliphatic rings. The monoisotopic (exact) mass is 498 g/mol. The molecule has 1 amide bonds. The molecule has 0 aliphatic heterocycles. The molecule has 0 fully saturated rings. The van der Waals surface area contributed by atoms with Crippen LogP contribution in [0.2, 0.25) is 5.02 Å². The van der Waals surface area contributed by atoms with Gasteiger partial charge in [-0.25, -0.2) is 4.39 Å². The van der Waals surface area contributed by atoms with Crippen molar-refractivity contribution in [3.05, 3.63) is 104 Å². The van der Waals surface area contributed by atoms with Gasteiger partial charge in [-0.2, -0.15) is 5.10 Å². The van der Waals surface area contributed by atoms with Crippen molar-refractivity contribution in [2.75, 3.05) is 5.32 Å². The van der Waals surface area contributed by atoms with Crippen LogP contribution in [0.4, 0.5) is 15.9 Å². The Balaban J connectivity index is 1.37. The second kappa shape index (κ2) is 9.98. The molecule has 0 saturated heterocycles. The second-order valence-corrected chi connectivity index (χ2v) is 8.19. The number of nitrogens with zero attached hydrogens (tertiary/aromatic N) is 3. The van der Waals surface area contributed by atoms with Gasteiger partial charge >= 0.3 is 0 Å². The Bertz CT molecular complexity index is 1410. The van der Waals surface area contributed by atoms with Gasteiger partial charge in [0.1, 0.15) is 23.9 Å². The van der Waals surface area contributed by atoms with Crippen LogP contribution in [0.25, 0.3) is 0 Å². The summed E-state index contributed by atoms with van der Waals surface area (Å²) < 4.78 is 26.1. The quantitative estimate of drug-likeness (QED) is 0.247. The van der Waals surface area contributed by atoms with Crippen molar-refractivity contribution in [2.45, 2.75) is 27.0 Å². The number of anilines is 1. The Morgan fingerprint density at radius 2 is 2.00 bits per heavy atom. The predicted molar refractivity (Wildman–Crippen MR) is 126 cm³/mol. The number of nitro groups is 1. The number of amides is 1. The van der Waals surface area contributed by atoms with Crippen molar-refractivity contribution in [2.24, 2.45) is 0 Å². The number of nitro benzene ring substituents is 1. The van der Waals surface area contributed by atoms with Crippen LogP contribution >= 0.6 is 11.6 Å². The number of nitrogens with one attached hydrogen (secondary N) is 1. The molecule has 0 aliphatic carbocycles. The first kappa shape index (κ1) is 24.0. The Morgan fingerprint density at radius 3 is 2.71 bits per heavy atom. The second-order valence-electron chi connectivity index (χ2n) is 7.78. The van der Waals surface area contributed by atoms with Crippen LogP contribution in [-0.4, -0.2) is 20.6 Å². The number of ether oxygens (including phenoxy) is 1. The third kappa shape index (κ3) is 5.67. The highest BCUT2D eigenvalue weighted by Crippen LogP contribution is 2.24. The number of halogens is 2. The summed E-state index contributed by atoms with van der Waals surface area (Å²) in [6.07, 6.45) is 0. The molecule has 1 N–H and O–H groups in total. The maximum absolute atomic E-state index is 13.3. The van der Waals surface area contributed by atoms with E-state index >= 15 is 0 Å². The average Bonchev–Trinajstić information content (AvgIpc) is 3.40. The van der Waals surface area contributed by atoms with Gasteiger partial charge in [0.05, 0.1) is 11.5 Å². The summed E-state index contributed by atoms with van der Waals surface area (Å²) in [5.41, 5.74) is 1.94. The first-order valence-electron chi connectivity index (χ1n) is 10.5. The SMILES string of the molecule is Cc1cc(OCc2ccc(C(=O)Nc3cc(C)n(Cc4ccc(F)cc4Cl)n3)o2)ccc1[N+](=O)[O-]. The van der Waals surface area contributed by atoms with E-state index < -0.39 is 16.6 Å². The number of aromatic nitrogens is 2. The molecule has 0 radical (unpaired) electrons. The lowest BCUT2D eigenvalue weighted by atomic mass is 10.2. The van der Waals surface area contributed by atoms with Gasteiger partial charge in [0, 0.05) is 28.4 Å². The molecule has 4 rings (SSSR count). The van der Waals surface area contributed by atoms with Gasteiger partial charge in [0.15, 0.2) is 11.6 Å². The fourth-order valence-corrected chi connectivity index (χ4v) is 3.60. The highest BCUT2D eigenvalue weighted by Gasteiger charge is 2.16. The normalized spacial score (nSPS) is 10.9. The predicted octanol–water partition coefficient (Wildman–Crippen LogP) is 5.67. The van der Waals surface area contributed by atoms with Gasteiger partial charge in [-0.3, -0.25) is 19.6 Å². The largest absolute Gasteiger partial charge is 0.486 e. The zero-order valence-corrected chi connectivity index (χ0v) is 19.5. The summed E-state index contributed by atoms with van der Waals surface area (Å²) in [7, 11) is 0. The van der Waals surface area contributed by atoms with E-state index in [1.807, 2.05) is 6.92 Å². The Morgan fingerprint density at radius 1 is 1.20 bits per heavy atom. The molecule has 9 nitrogen and oxygen atoms in total. The molecule has 0 bridgehead atoms. The van der Waals surface area contributed by atoms with Crippen molar-refractivity contribution in [1.82, 2.24) is 9.78 Å². The molecule has 11 heteroatoms. The number of aryl methyl sites for hydroxylation is 2. The van der Waals surface area contributed by atoms with Crippen LogP contribution in [-0.2, 0) is 13.2 Å². The minimum absolute atomic E-state index is 0.00717. The summed E-state index contributed by atoms with van der Waals surface area (Å²) >= 11 is 6.10. The molecular weight excluding hydrogens is 479 g/mol. The Labute approximate surface area is 204 Å². The molecule has 4 aromatic rings. The number of furan rings is 1. The van der Waals surface area contributed by atoms with Crippen molar-refractivity contribution in [3.63, 3.8) is 0 Å². The molecule has 180 valence electrons. The van der Waals surface area contributed by atoms with Gasteiger partial charge in [0.25, 0.3) is 11.6 Å². The smallest absolute Gasteiger partial charge is 0.292 e. The molecule has 0 spiro atoms. The number of benzene rings is 2. The number of hydrogen-bond donors (Lipinski definition) is 1. The van der Waals surface area contributed by atoms with Crippen LogP contribution in [0.3, 0.4) is 0 Å². The molecule has 35 heavy (non-hydrogen) atoms. The number of carbonyl (C=O) groups is 1. The lowest BCUT2D eigenvalue weighted by molar-refractivity contribution is -0.385. The zero-order chi connectivity index (χ0) is 25.1. The van der Waals surface area contributed by atoms with E-state index in [-0.39, 0.29) is 18.1 Å². The summed E-state index contributed by atoms with van der Waals surface area (Å²) in [6.45, 7) is 3.79. The van der Waals surface area contributed by atoms with Crippen LogP contribution in [0.5, 0.6) is 5.75 Å². The van der Waals surface area contributed by atoms with E-state index in [0.29, 0.717) is 40.0 Å². The fourth-order valence-electron chi connectivity index (χ4n) is 3.38. The van der Waals surface area contributed by atoms with Gasteiger partial charge in [0.2, 0.25) is 0 Å². The van der Waals surface area contributed by atoms with Crippen LogP contribution in [0, 0.1) is 29.8 Å². The average molecular weight is 499 g/mol. The molecule has 0 saturated carbocycles. The maximum atomic E-state index is 13.3. The summed E-state index contributed by atoms with van der Waals surface area (Å²) in [5.74, 6) is 0.317. The molecule has 2 aromatic carbocycles. The van der Waals surface area contributed by atoms with E-state index in [0.717, 1.165) is 5.69 Å². The Kier molecular flexibility index (Phi) is 6.83. The topological polar surface area (TPSA) is 112 Å². The van der Waals surface area contributed by atoms with Crippen molar-refractivity contribution < 1.29 is 23.3 Å². The number of carbonyl (C=O) groups excluding carboxylic acids is 1. The molecule has 0 unspecified atom stereocenters. The third-order valence-electron chi connectivity index (χ3n) is 5.19. The lowest BCUT2D eigenvalue weighted by Crippen LogP contribution is -2.12. The summed E-state index contributed by atoms with van der Waals surface area (Å²) in [4.78, 5) is 23.1. The minimum Gasteiger partial charge on any atom is -0.486 e.